The van der Waals surface area contributed by atoms with Crippen LogP contribution in [-0.2, 0) is 9.59 Å². The van der Waals surface area contributed by atoms with Gasteiger partial charge in [-0.05, 0) is 86.5 Å². The van der Waals surface area contributed by atoms with Crippen molar-refractivity contribution < 1.29 is 28.7 Å². The summed E-state index contributed by atoms with van der Waals surface area (Å²) in [6, 6.07) is 16.0. The zero-order chi connectivity index (χ0) is 30.1. The summed E-state index contributed by atoms with van der Waals surface area (Å²) >= 11 is 17.9. The van der Waals surface area contributed by atoms with Gasteiger partial charge < -0.3 is 4.74 Å². The summed E-state index contributed by atoms with van der Waals surface area (Å²) in [4.78, 5) is 66.4. The number of carbonyl (C=O) groups is 5. The number of fused-ring (bicyclic) bond motifs is 1. The third kappa shape index (κ3) is 5.97. The lowest BCUT2D eigenvalue weighted by Crippen LogP contribution is -2.52. The number of ketones is 1. The molecule has 1 heterocycles. The van der Waals surface area contributed by atoms with Crippen molar-refractivity contribution in [2.45, 2.75) is 19.8 Å². The van der Waals surface area contributed by atoms with E-state index in [1.165, 1.54) is 66.7 Å². The Balaban J connectivity index is 1.37. The zero-order valence-electron chi connectivity index (χ0n) is 22.2. The summed E-state index contributed by atoms with van der Waals surface area (Å²) in [5.41, 5.74) is 1.43. The number of halogens is 3. The second-order valence-corrected chi connectivity index (χ2v) is 11.3. The van der Waals surface area contributed by atoms with Gasteiger partial charge in [-0.2, -0.15) is 5.01 Å². The summed E-state index contributed by atoms with van der Waals surface area (Å²) in [6.45, 7) is 1.31. The van der Waals surface area contributed by atoms with Crippen molar-refractivity contribution in [2.75, 3.05) is 6.54 Å². The standard InChI is InChI=1S/C31H23Cl3N2O6/c1-17-2-12-23-25(14-17)30(40)36(29(23)39)35(28(38)19-3-7-20(32)8-4-19)16-27(37)18-5-10-22(11-6-18)42-31(41)24-13-9-21(33)15-26(24)34/h2-11,13,15,23,25H,12,14,16H2,1H3/t23-,25-/m1/s1. The molecule has 0 radical (unpaired) electrons. The Morgan fingerprint density at radius 2 is 1.48 bits per heavy atom. The number of nitrogens with zero attached hydrogens (tertiary/aromatic N) is 2. The minimum Gasteiger partial charge on any atom is -0.423 e. The molecule has 11 heteroatoms. The highest BCUT2D eigenvalue weighted by Crippen LogP contribution is 2.38. The molecule has 1 aliphatic carbocycles. The molecule has 2 atom stereocenters. The molecule has 1 saturated heterocycles. The summed E-state index contributed by atoms with van der Waals surface area (Å²) in [5, 5.41) is 2.62. The Morgan fingerprint density at radius 1 is 0.857 bits per heavy atom. The lowest BCUT2D eigenvalue weighted by molar-refractivity contribution is -0.154. The zero-order valence-corrected chi connectivity index (χ0v) is 24.4. The number of allylic oxidation sites excluding steroid dienone is 2. The van der Waals surface area contributed by atoms with Crippen LogP contribution in [0.5, 0.6) is 5.75 Å². The fraction of sp³-hybridized carbons (Fsp3) is 0.194. The number of esters is 1. The van der Waals surface area contributed by atoms with E-state index >= 15 is 0 Å². The number of hydrogen-bond acceptors (Lipinski definition) is 6. The quantitative estimate of drug-likeness (QED) is 0.0984. The molecule has 3 aromatic rings. The molecule has 3 amide bonds. The van der Waals surface area contributed by atoms with Crippen molar-refractivity contribution in [3.8, 4) is 5.75 Å². The first-order valence-electron chi connectivity index (χ1n) is 12.9. The normalized spacial score (nSPS) is 17.9. The fourth-order valence-corrected chi connectivity index (χ4v) is 5.60. The van der Waals surface area contributed by atoms with Gasteiger partial charge in [-0.25, -0.2) is 9.80 Å². The maximum absolute atomic E-state index is 13.6. The van der Waals surface area contributed by atoms with Gasteiger partial charge in [0.2, 0.25) is 0 Å². The van der Waals surface area contributed by atoms with E-state index in [1.807, 2.05) is 13.0 Å². The number of benzene rings is 3. The maximum Gasteiger partial charge on any atom is 0.345 e. The van der Waals surface area contributed by atoms with Crippen molar-refractivity contribution in [3.05, 3.63) is 110 Å². The van der Waals surface area contributed by atoms with Crippen LogP contribution < -0.4 is 4.74 Å². The molecule has 1 fully saturated rings. The second-order valence-electron chi connectivity index (χ2n) is 10.0. The van der Waals surface area contributed by atoms with E-state index in [0.29, 0.717) is 22.9 Å². The van der Waals surface area contributed by atoms with Crippen LogP contribution in [-0.4, -0.2) is 46.0 Å². The summed E-state index contributed by atoms with van der Waals surface area (Å²) in [5.74, 6) is -4.04. The third-order valence-electron chi connectivity index (χ3n) is 7.20. The van der Waals surface area contributed by atoms with Crippen LogP contribution in [0.3, 0.4) is 0 Å². The highest BCUT2D eigenvalue weighted by Gasteiger charge is 2.51. The van der Waals surface area contributed by atoms with Crippen LogP contribution in [0.4, 0.5) is 0 Å². The Labute approximate surface area is 256 Å². The highest BCUT2D eigenvalue weighted by atomic mass is 35.5. The Hall–Kier alpha value is -3.98. The molecule has 214 valence electrons. The van der Waals surface area contributed by atoms with Gasteiger partial charge in [-0.15, -0.1) is 0 Å². The molecule has 0 spiro atoms. The fourth-order valence-electron chi connectivity index (χ4n) is 4.99. The summed E-state index contributed by atoms with van der Waals surface area (Å²) in [7, 11) is 0. The Kier molecular flexibility index (Phi) is 8.50. The number of amides is 3. The van der Waals surface area contributed by atoms with Crippen molar-refractivity contribution in [1.29, 1.82) is 0 Å². The highest BCUT2D eigenvalue weighted by molar-refractivity contribution is 6.36. The van der Waals surface area contributed by atoms with Crippen LogP contribution in [0, 0.1) is 11.8 Å². The van der Waals surface area contributed by atoms with E-state index in [-0.39, 0.29) is 27.5 Å². The van der Waals surface area contributed by atoms with Crippen LogP contribution in [0.2, 0.25) is 15.1 Å². The minimum atomic E-state index is -0.715. The van der Waals surface area contributed by atoms with Crippen LogP contribution >= 0.6 is 34.8 Å². The smallest absolute Gasteiger partial charge is 0.345 e. The number of Topliss-reactive ketones (excluding diaryl/α,β-unsaturated/α-hetero) is 1. The molecule has 8 nitrogen and oxygen atoms in total. The predicted octanol–water partition coefficient (Wildman–Crippen LogP) is 6.45. The van der Waals surface area contributed by atoms with E-state index in [1.54, 1.807) is 0 Å². The topological polar surface area (TPSA) is 101 Å². The first-order valence-corrected chi connectivity index (χ1v) is 14.1. The number of hydrazine groups is 1. The molecular weight excluding hydrogens is 603 g/mol. The van der Waals surface area contributed by atoms with Crippen LogP contribution in [0.25, 0.3) is 0 Å². The van der Waals surface area contributed by atoms with Crippen molar-refractivity contribution in [1.82, 2.24) is 10.0 Å². The molecule has 5 rings (SSSR count). The monoisotopic (exact) mass is 624 g/mol. The van der Waals surface area contributed by atoms with Gasteiger partial charge in [0.15, 0.2) is 5.78 Å². The van der Waals surface area contributed by atoms with E-state index < -0.39 is 47.9 Å². The van der Waals surface area contributed by atoms with Crippen molar-refractivity contribution >= 4 is 64.3 Å². The molecule has 3 aromatic carbocycles. The lowest BCUT2D eigenvalue weighted by atomic mass is 9.82. The number of ether oxygens (including phenoxy) is 1. The number of imide groups is 1. The summed E-state index contributed by atoms with van der Waals surface area (Å²) in [6.07, 6.45) is 2.71. The first kappa shape index (κ1) is 29.5. The molecule has 0 unspecified atom stereocenters. The average Bonchev–Trinajstić information content (AvgIpc) is 3.20. The molecule has 0 N–H and O–H groups in total. The van der Waals surface area contributed by atoms with Crippen LogP contribution in [0.1, 0.15) is 50.8 Å². The molecule has 2 aliphatic rings. The Bertz CT molecular complexity index is 1640. The number of rotatable bonds is 7. The van der Waals surface area contributed by atoms with Gasteiger partial charge in [0.25, 0.3) is 17.7 Å². The molecule has 0 saturated carbocycles. The number of hydrogen-bond donors (Lipinski definition) is 0. The largest absolute Gasteiger partial charge is 0.423 e. The second kappa shape index (κ2) is 12.1. The first-order chi connectivity index (χ1) is 20.0. The van der Waals surface area contributed by atoms with Gasteiger partial charge in [-0.1, -0.05) is 46.5 Å². The van der Waals surface area contributed by atoms with Gasteiger partial charge in [0, 0.05) is 21.2 Å². The predicted molar refractivity (Wildman–Crippen MR) is 157 cm³/mol. The molecule has 0 bridgehead atoms. The average molecular weight is 626 g/mol. The van der Waals surface area contributed by atoms with E-state index in [9.17, 15) is 24.0 Å². The van der Waals surface area contributed by atoms with Crippen molar-refractivity contribution in [3.63, 3.8) is 0 Å². The number of carbonyl (C=O) groups excluding carboxylic acids is 5. The molecule has 42 heavy (non-hydrogen) atoms. The summed E-state index contributed by atoms with van der Waals surface area (Å²) < 4.78 is 5.36. The van der Waals surface area contributed by atoms with Crippen LogP contribution in [0.15, 0.2) is 78.4 Å². The lowest BCUT2D eigenvalue weighted by Gasteiger charge is -2.30. The molecule has 1 aliphatic heterocycles. The maximum atomic E-state index is 13.6. The minimum absolute atomic E-state index is 0.114. The SMILES string of the molecule is CC1=CC[C@H]2C(=O)N(N(CC(=O)c3ccc(OC(=O)c4ccc(Cl)cc4Cl)cc3)C(=O)c3ccc(Cl)cc3)C(=O)[C@@H]2C1. The van der Waals surface area contributed by atoms with Crippen molar-refractivity contribution in [2.24, 2.45) is 11.8 Å². The Morgan fingerprint density at radius 3 is 2.14 bits per heavy atom. The van der Waals surface area contributed by atoms with E-state index in [0.717, 1.165) is 15.6 Å². The van der Waals surface area contributed by atoms with Gasteiger partial charge in [0.1, 0.15) is 12.3 Å². The molecular formula is C31H23Cl3N2O6. The van der Waals surface area contributed by atoms with E-state index in [4.69, 9.17) is 39.5 Å². The van der Waals surface area contributed by atoms with E-state index in [2.05, 4.69) is 0 Å². The van der Waals surface area contributed by atoms with Gasteiger partial charge in [0.05, 0.1) is 22.4 Å². The third-order valence-corrected chi connectivity index (χ3v) is 8.00. The molecule has 0 aromatic heterocycles. The van der Waals surface area contributed by atoms with Gasteiger partial charge >= 0.3 is 5.97 Å². The van der Waals surface area contributed by atoms with Gasteiger partial charge in [-0.3, -0.25) is 19.2 Å².